The molecule has 4 aromatic rings. The molecule has 1 aliphatic heterocycles. The van der Waals surface area contributed by atoms with Gasteiger partial charge in [0.05, 0.1) is 6.26 Å². The van der Waals surface area contributed by atoms with Crippen LogP contribution in [0.15, 0.2) is 87.9 Å². The van der Waals surface area contributed by atoms with Gasteiger partial charge in [0.25, 0.3) is 11.8 Å². The van der Waals surface area contributed by atoms with E-state index in [2.05, 4.69) is 10.2 Å². The predicted octanol–water partition coefficient (Wildman–Crippen LogP) is 5.41. The van der Waals surface area contributed by atoms with E-state index in [9.17, 15) is 9.59 Å². The highest BCUT2D eigenvalue weighted by Gasteiger charge is 2.24. The van der Waals surface area contributed by atoms with Crippen molar-refractivity contribution in [2.45, 2.75) is 0 Å². The van der Waals surface area contributed by atoms with Crippen LogP contribution in [0, 0.1) is 0 Å². The fraction of sp³-hybridized carbons (Fsp3) is 0.154. The molecule has 0 spiro atoms. The average molecular weight is 476 g/mol. The molecule has 8 heteroatoms. The van der Waals surface area contributed by atoms with Crippen molar-refractivity contribution >= 4 is 34.8 Å². The number of hydrogen-bond donors (Lipinski definition) is 1. The van der Waals surface area contributed by atoms with E-state index in [0.717, 1.165) is 24.3 Å². The molecule has 1 fully saturated rings. The van der Waals surface area contributed by atoms with Gasteiger partial charge in [-0.25, -0.2) is 0 Å². The maximum atomic E-state index is 12.6. The summed E-state index contributed by atoms with van der Waals surface area (Å²) in [6.45, 7) is 2.68. The van der Waals surface area contributed by atoms with E-state index < -0.39 is 0 Å². The van der Waals surface area contributed by atoms with Crippen molar-refractivity contribution < 1.29 is 18.4 Å². The number of benzene rings is 2. The van der Waals surface area contributed by atoms with Gasteiger partial charge in [-0.15, -0.1) is 0 Å². The molecule has 0 saturated carbocycles. The summed E-state index contributed by atoms with van der Waals surface area (Å²) in [5, 5.41) is 3.50. The van der Waals surface area contributed by atoms with Crippen LogP contribution in [0.2, 0.25) is 5.02 Å². The first-order valence-electron chi connectivity index (χ1n) is 10.9. The summed E-state index contributed by atoms with van der Waals surface area (Å²) in [6, 6.07) is 21.7. The second-order valence-corrected chi connectivity index (χ2v) is 8.36. The summed E-state index contributed by atoms with van der Waals surface area (Å²) < 4.78 is 10.9. The number of carbonyl (C=O) groups excluding carboxylic acids is 2. The standard InChI is InChI=1S/C26H22ClN3O4/c27-19-5-3-18(4-6-19)22-11-12-23(34-22)25(31)28-20-7-9-21(10-8-20)29-13-15-30(16-14-29)26(32)24-2-1-17-33-24/h1-12,17H,13-16H2,(H,28,31). The average Bonchev–Trinajstić information content (AvgIpc) is 3.58. The minimum Gasteiger partial charge on any atom is -0.459 e. The molecule has 0 atom stereocenters. The van der Waals surface area contributed by atoms with Crippen molar-refractivity contribution in [1.29, 1.82) is 0 Å². The highest BCUT2D eigenvalue weighted by atomic mass is 35.5. The molecule has 1 N–H and O–H groups in total. The Bertz CT molecular complexity index is 1270. The molecule has 0 radical (unpaired) electrons. The Hall–Kier alpha value is -3.97. The second kappa shape index (κ2) is 9.49. The topological polar surface area (TPSA) is 78.9 Å². The SMILES string of the molecule is O=C(Nc1ccc(N2CCN(C(=O)c3ccco3)CC2)cc1)c1ccc(-c2ccc(Cl)cc2)o1. The molecule has 0 unspecified atom stereocenters. The minimum absolute atomic E-state index is 0.0835. The lowest BCUT2D eigenvalue weighted by molar-refractivity contribution is 0.0714. The Morgan fingerprint density at radius 1 is 0.824 bits per heavy atom. The molecular formula is C26H22ClN3O4. The van der Waals surface area contributed by atoms with E-state index in [1.807, 2.05) is 36.4 Å². The maximum Gasteiger partial charge on any atom is 0.291 e. The summed E-state index contributed by atoms with van der Waals surface area (Å²) in [5.74, 6) is 0.788. The van der Waals surface area contributed by atoms with Crippen LogP contribution in [0.3, 0.4) is 0 Å². The van der Waals surface area contributed by atoms with Gasteiger partial charge in [-0.05, 0) is 72.8 Å². The zero-order chi connectivity index (χ0) is 23.5. The van der Waals surface area contributed by atoms with Crippen LogP contribution in [0.5, 0.6) is 0 Å². The molecule has 3 heterocycles. The third-order valence-electron chi connectivity index (χ3n) is 5.75. The van der Waals surface area contributed by atoms with Crippen LogP contribution in [-0.4, -0.2) is 42.9 Å². The van der Waals surface area contributed by atoms with Gasteiger partial charge in [0.1, 0.15) is 5.76 Å². The molecule has 1 saturated heterocycles. The molecule has 0 bridgehead atoms. The number of furan rings is 2. The van der Waals surface area contributed by atoms with E-state index in [-0.39, 0.29) is 17.6 Å². The number of nitrogens with zero attached hydrogens (tertiary/aromatic N) is 2. The molecule has 2 aromatic heterocycles. The number of anilines is 2. The molecular weight excluding hydrogens is 454 g/mol. The zero-order valence-electron chi connectivity index (χ0n) is 18.2. The first-order valence-corrected chi connectivity index (χ1v) is 11.3. The monoisotopic (exact) mass is 475 g/mol. The predicted molar refractivity (Wildman–Crippen MR) is 130 cm³/mol. The van der Waals surface area contributed by atoms with E-state index in [4.69, 9.17) is 20.4 Å². The minimum atomic E-state index is -0.321. The zero-order valence-corrected chi connectivity index (χ0v) is 19.0. The number of carbonyl (C=O) groups is 2. The summed E-state index contributed by atoms with van der Waals surface area (Å²) >= 11 is 5.93. The summed E-state index contributed by atoms with van der Waals surface area (Å²) in [4.78, 5) is 29.0. The van der Waals surface area contributed by atoms with Crippen LogP contribution in [0.4, 0.5) is 11.4 Å². The quantitative estimate of drug-likeness (QED) is 0.417. The Balaban J connectivity index is 1.17. The first kappa shape index (κ1) is 21.9. The Morgan fingerprint density at radius 3 is 2.24 bits per heavy atom. The number of rotatable bonds is 5. The van der Waals surface area contributed by atoms with Gasteiger partial charge >= 0.3 is 0 Å². The van der Waals surface area contributed by atoms with Gasteiger partial charge in [-0.1, -0.05) is 11.6 Å². The molecule has 5 rings (SSSR count). The van der Waals surface area contributed by atoms with Gasteiger partial charge in [0.2, 0.25) is 0 Å². The number of amides is 2. The maximum absolute atomic E-state index is 12.6. The second-order valence-electron chi connectivity index (χ2n) is 7.93. The van der Waals surface area contributed by atoms with Crippen molar-refractivity contribution in [2.75, 3.05) is 36.4 Å². The van der Waals surface area contributed by atoms with Crippen molar-refractivity contribution in [3.05, 3.63) is 95.6 Å². The van der Waals surface area contributed by atoms with Crippen LogP contribution in [-0.2, 0) is 0 Å². The highest BCUT2D eigenvalue weighted by molar-refractivity contribution is 6.30. The lowest BCUT2D eigenvalue weighted by atomic mass is 10.2. The van der Waals surface area contributed by atoms with Gasteiger partial charge < -0.3 is 24.0 Å². The van der Waals surface area contributed by atoms with E-state index >= 15 is 0 Å². The van der Waals surface area contributed by atoms with Crippen LogP contribution in [0.1, 0.15) is 21.1 Å². The smallest absolute Gasteiger partial charge is 0.291 e. The lowest BCUT2D eigenvalue weighted by Gasteiger charge is -2.35. The number of halogens is 1. The number of piperazine rings is 1. The van der Waals surface area contributed by atoms with Crippen LogP contribution in [0.25, 0.3) is 11.3 Å². The summed E-state index contributed by atoms with van der Waals surface area (Å²) in [5.41, 5.74) is 2.55. The summed E-state index contributed by atoms with van der Waals surface area (Å²) in [6.07, 6.45) is 1.51. The highest BCUT2D eigenvalue weighted by Crippen LogP contribution is 2.25. The van der Waals surface area contributed by atoms with E-state index in [1.165, 1.54) is 6.26 Å². The fourth-order valence-corrected chi connectivity index (χ4v) is 4.03. The van der Waals surface area contributed by atoms with Crippen molar-refractivity contribution in [2.24, 2.45) is 0 Å². The first-order chi connectivity index (χ1) is 16.6. The molecule has 2 aromatic carbocycles. The van der Waals surface area contributed by atoms with Gasteiger partial charge in [0.15, 0.2) is 11.5 Å². The number of hydrogen-bond acceptors (Lipinski definition) is 5. The van der Waals surface area contributed by atoms with Crippen LogP contribution < -0.4 is 10.2 Å². The van der Waals surface area contributed by atoms with Crippen molar-refractivity contribution in [3.8, 4) is 11.3 Å². The third kappa shape index (κ3) is 4.70. The van der Waals surface area contributed by atoms with Gasteiger partial charge in [0, 0.05) is 48.1 Å². The number of nitrogens with one attached hydrogen (secondary N) is 1. The molecule has 7 nitrogen and oxygen atoms in total. The lowest BCUT2D eigenvalue weighted by Crippen LogP contribution is -2.48. The molecule has 0 aliphatic carbocycles. The Kier molecular flexibility index (Phi) is 6.10. The van der Waals surface area contributed by atoms with Crippen LogP contribution >= 0.6 is 11.6 Å². The molecule has 172 valence electrons. The molecule has 1 aliphatic rings. The largest absolute Gasteiger partial charge is 0.459 e. The molecule has 34 heavy (non-hydrogen) atoms. The van der Waals surface area contributed by atoms with Gasteiger partial charge in [-0.3, -0.25) is 9.59 Å². The van der Waals surface area contributed by atoms with E-state index in [1.54, 1.807) is 41.3 Å². The third-order valence-corrected chi connectivity index (χ3v) is 6.00. The normalized spacial score (nSPS) is 13.7. The molecule has 2 amide bonds. The Labute approximate surface area is 201 Å². The Morgan fingerprint density at radius 2 is 1.56 bits per heavy atom. The fourth-order valence-electron chi connectivity index (χ4n) is 3.90. The summed E-state index contributed by atoms with van der Waals surface area (Å²) in [7, 11) is 0. The van der Waals surface area contributed by atoms with Gasteiger partial charge in [-0.2, -0.15) is 0 Å². The van der Waals surface area contributed by atoms with Crippen molar-refractivity contribution in [1.82, 2.24) is 4.90 Å². The van der Waals surface area contributed by atoms with E-state index in [0.29, 0.717) is 35.3 Å². The van der Waals surface area contributed by atoms with Crippen molar-refractivity contribution in [3.63, 3.8) is 0 Å².